The maximum Gasteiger partial charge on any atom is 0.222 e. The van der Waals surface area contributed by atoms with Crippen molar-refractivity contribution in [2.24, 2.45) is 0 Å². The summed E-state index contributed by atoms with van der Waals surface area (Å²) in [6, 6.07) is 7.31. The van der Waals surface area contributed by atoms with Crippen molar-refractivity contribution in [3.8, 4) is 5.75 Å². The molecule has 2 rings (SSSR count). The van der Waals surface area contributed by atoms with Crippen LogP contribution >= 0.6 is 0 Å². The number of ether oxygens (including phenoxy) is 2. The Morgan fingerprint density at radius 1 is 1.27 bits per heavy atom. The van der Waals surface area contributed by atoms with Gasteiger partial charge in [0.25, 0.3) is 0 Å². The largest absolute Gasteiger partial charge is 0.496 e. The van der Waals surface area contributed by atoms with Crippen LogP contribution in [0, 0.1) is 0 Å². The van der Waals surface area contributed by atoms with E-state index in [4.69, 9.17) is 9.47 Å². The van der Waals surface area contributed by atoms with Crippen LogP contribution < -0.4 is 15.4 Å². The average molecular weight is 364 g/mol. The Morgan fingerprint density at radius 3 is 2.73 bits per heavy atom. The number of rotatable bonds is 8. The monoisotopic (exact) mass is 364 g/mol. The van der Waals surface area contributed by atoms with Gasteiger partial charge in [-0.2, -0.15) is 0 Å². The SMILES string of the molecule is CCC(=O)N[C@@H]1CC[C@H](CC(=O)NCc2ccccc2OC)O[C@@H]1CO. The van der Waals surface area contributed by atoms with Crippen LogP contribution in [-0.4, -0.2) is 48.9 Å². The Labute approximate surface area is 154 Å². The Morgan fingerprint density at radius 2 is 2.04 bits per heavy atom. The summed E-state index contributed by atoms with van der Waals surface area (Å²) in [7, 11) is 1.60. The molecule has 0 saturated carbocycles. The van der Waals surface area contributed by atoms with Gasteiger partial charge in [-0.1, -0.05) is 25.1 Å². The third-order valence-electron chi connectivity index (χ3n) is 4.54. The number of benzene rings is 1. The molecule has 2 amide bonds. The van der Waals surface area contributed by atoms with Crippen molar-refractivity contribution in [1.29, 1.82) is 0 Å². The first-order valence-electron chi connectivity index (χ1n) is 9.01. The van der Waals surface area contributed by atoms with Crippen molar-refractivity contribution < 1.29 is 24.2 Å². The predicted molar refractivity (Wildman–Crippen MR) is 96.7 cm³/mol. The van der Waals surface area contributed by atoms with Crippen molar-refractivity contribution >= 4 is 11.8 Å². The van der Waals surface area contributed by atoms with Crippen molar-refractivity contribution in [1.82, 2.24) is 10.6 Å². The molecule has 1 aliphatic rings. The molecule has 0 aromatic heterocycles. The topological polar surface area (TPSA) is 96.9 Å². The van der Waals surface area contributed by atoms with E-state index in [9.17, 15) is 14.7 Å². The molecule has 7 nitrogen and oxygen atoms in total. The van der Waals surface area contributed by atoms with Crippen molar-refractivity contribution in [3.05, 3.63) is 29.8 Å². The zero-order valence-electron chi connectivity index (χ0n) is 15.4. The van der Waals surface area contributed by atoms with Gasteiger partial charge in [-0.25, -0.2) is 0 Å². The Hall–Kier alpha value is -2.12. The van der Waals surface area contributed by atoms with Gasteiger partial charge >= 0.3 is 0 Å². The van der Waals surface area contributed by atoms with Crippen LogP contribution in [0.5, 0.6) is 5.75 Å². The third-order valence-corrected chi connectivity index (χ3v) is 4.54. The van der Waals surface area contributed by atoms with E-state index < -0.39 is 6.10 Å². The summed E-state index contributed by atoms with van der Waals surface area (Å²) in [5, 5.41) is 15.3. The van der Waals surface area contributed by atoms with E-state index in [2.05, 4.69) is 10.6 Å². The number of carbonyl (C=O) groups excluding carboxylic acids is 2. The maximum absolute atomic E-state index is 12.2. The van der Waals surface area contributed by atoms with E-state index in [1.165, 1.54) is 0 Å². The minimum Gasteiger partial charge on any atom is -0.496 e. The van der Waals surface area contributed by atoms with E-state index in [-0.39, 0.29) is 37.0 Å². The molecule has 0 aliphatic carbocycles. The summed E-state index contributed by atoms with van der Waals surface area (Å²) in [4.78, 5) is 23.8. The molecule has 1 fully saturated rings. The lowest BCUT2D eigenvalue weighted by molar-refractivity contribution is -0.135. The molecule has 3 atom stereocenters. The smallest absolute Gasteiger partial charge is 0.222 e. The molecule has 7 heteroatoms. The van der Waals surface area contributed by atoms with Gasteiger partial charge in [0.15, 0.2) is 0 Å². The van der Waals surface area contributed by atoms with Gasteiger partial charge in [-0.05, 0) is 18.9 Å². The third kappa shape index (κ3) is 5.71. The molecule has 0 spiro atoms. The van der Waals surface area contributed by atoms with Gasteiger partial charge in [-0.3, -0.25) is 9.59 Å². The molecule has 1 heterocycles. The van der Waals surface area contributed by atoms with Crippen LogP contribution in [0.25, 0.3) is 0 Å². The van der Waals surface area contributed by atoms with Crippen LogP contribution in [0.4, 0.5) is 0 Å². The lowest BCUT2D eigenvalue weighted by Crippen LogP contribution is -2.51. The second kappa shape index (κ2) is 10.1. The zero-order chi connectivity index (χ0) is 18.9. The quantitative estimate of drug-likeness (QED) is 0.643. The number of hydrogen-bond acceptors (Lipinski definition) is 5. The predicted octanol–water partition coefficient (Wildman–Crippen LogP) is 1.14. The highest BCUT2D eigenvalue weighted by Gasteiger charge is 2.32. The Bertz CT molecular complexity index is 607. The number of nitrogens with one attached hydrogen (secondary N) is 2. The molecule has 0 radical (unpaired) electrons. The van der Waals surface area contributed by atoms with E-state index in [1.807, 2.05) is 24.3 Å². The highest BCUT2D eigenvalue weighted by molar-refractivity contribution is 5.77. The van der Waals surface area contributed by atoms with Crippen LogP contribution in [0.15, 0.2) is 24.3 Å². The summed E-state index contributed by atoms with van der Waals surface area (Å²) in [6.07, 6.45) is 1.21. The van der Waals surface area contributed by atoms with Crippen LogP contribution in [0.2, 0.25) is 0 Å². The van der Waals surface area contributed by atoms with Gasteiger partial charge in [0.1, 0.15) is 11.9 Å². The lowest BCUT2D eigenvalue weighted by Gasteiger charge is -2.36. The fraction of sp³-hybridized carbons (Fsp3) is 0.579. The van der Waals surface area contributed by atoms with E-state index in [0.717, 1.165) is 11.3 Å². The molecule has 26 heavy (non-hydrogen) atoms. The van der Waals surface area contributed by atoms with Crippen LogP contribution in [-0.2, 0) is 20.9 Å². The van der Waals surface area contributed by atoms with E-state index in [1.54, 1.807) is 14.0 Å². The normalized spacial score (nSPS) is 22.5. The number of aliphatic hydroxyl groups excluding tert-OH is 1. The Balaban J connectivity index is 1.81. The molecule has 1 saturated heterocycles. The number of carbonyl (C=O) groups is 2. The lowest BCUT2D eigenvalue weighted by atomic mass is 9.96. The first-order chi connectivity index (χ1) is 12.6. The standard InChI is InChI=1S/C19H28N2O5/c1-3-18(23)21-15-9-8-14(26-17(15)12-22)10-19(24)20-11-13-6-4-5-7-16(13)25-2/h4-7,14-15,17,22H,3,8-12H2,1-2H3,(H,20,24)(H,21,23)/t14-,15-,17-/m1/s1. The number of para-hydroxylation sites is 1. The molecular formula is C19H28N2O5. The zero-order valence-corrected chi connectivity index (χ0v) is 15.4. The molecule has 0 bridgehead atoms. The van der Waals surface area contributed by atoms with Gasteiger partial charge in [0.2, 0.25) is 11.8 Å². The van der Waals surface area contributed by atoms with Crippen molar-refractivity contribution in [2.45, 2.75) is 57.4 Å². The highest BCUT2D eigenvalue weighted by Crippen LogP contribution is 2.22. The number of hydrogen-bond donors (Lipinski definition) is 3. The molecule has 144 valence electrons. The molecule has 1 aromatic carbocycles. The summed E-state index contributed by atoms with van der Waals surface area (Å²) < 4.78 is 11.1. The van der Waals surface area contributed by atoms with Gasteiger partial charge in [-0.15, -0.1) is 0 Å². The number of aliphatic hydroxyl groups is 1. The van der Waals surface area contributed by atoms with Gasteiger partial charge < -0.3 is 25.2 Å². The maximum atomic E-state index is 12.2. The minimum atomic E-state index is -0.480. The van der Waals surface area contributed by atoms with Crippen LogP contribution in [0.3, 0.4) is 0 Å². The molecule has 3 N–H and O–H groups in total. The van der Waals surface area contributed by atoms with E-state index >= 15 is 0 Å². The fourth-order valence-electron chi connectivity index (χ4n) is 3.08. The van der Waals surface area contributed by atoms with E-state index in [0.29, 0.717) is 25.8 Å². The number of methoxy groups -OCH3 is 1. The highest BCUT2D eigenvalue weighted by atomic mass is 16.5. The Kier molecular flexibility index (Phi) is 7.87. The van der Waals surface area contributed by atoms with Gasteiger partial charge in [0.05, 0.1) is 32.3 Å². The molecule has 1 aromatic rings. The summed E-state index contributed by atoms with van der Waals surface area (Å²) in [5.41, 5.74) is 0.906. The summed E-state index contributed by atoms with van der Waals surface area (Å²) >= 11 is 0. The molecular weight excluding hydrogens is 336 g/mol. The second-order valence-corrected chi connectivity index (χ2v) is 6.38. The van der Waals surface area contributed by atoms with Crippen molar-refractivity contribution in [3.63, 3.8) is 0 Å². The summed E-state index contributed by atoms with van der Waals surface area (Å²) in [6.45, 7) is 1.98. The summed E-state index contributed by atoms with van der Waals surface area (Å²) in [5.74, 6) is 0.551. The minimum absolute atomic E-state index is 0.0648. The van der Waals surface area contributed by atoms with Crippen molar-refractivity contribution in [2.75, 3.05) is 13.7 Å². The first kappa shape index (κ1) is 20.2. The van der Waals surface area contributed by atoms with Gasteiger partial charge in [0, 0.05) is 18.5 Å². The first-order valence-corrected chi connectivity index (χ1v) is 9.01. The molecule has 1 aliphatic heterocycles. The molecule has 0 unspecified atom stereocenters. The average Bonchev–Trinajstić information content (AvgIpc) is 2.67. The second-order valence-electron chi connectivity index (χ2n) is 6.38. The van der Waals surface area contributed by atoms with Crippen LogP contribution in [0.1, 0.15) is 38.2 Å². The fourth-order valence-corrected chi connectivity index (χ4v) is 3.08. The number of amides is 2.